The maximum atomic E-state index is 12.3. The molecule has 0 radical (unpaired) electrons. The number of sulfonamides is 1. The van der Waals surface area contributed by atoms with Crippen molar-refractivity contribution < 1.29 is 8.42 Å². The van der Waals surface area contributed by atoms with Crippen molar-refractivity contribution in [3.63, 3.8) is 0 Å². The first-order chi connectivity index (χ1) is 12.0. The third kappa shape index (κ3) is 3.95. The van der Waals surface area contributed by atoms with E-state index in [2.05, 4.69) is 14.9 Å². The second kappa shape index (κ2) is 6.90. The van der Waals surface area contributed by atoms with Gasteiger partial charge in [-0.05, 0) is 43.7 Å². The van der Waals surface area contributed by atoms with Crippen molar-refractivity contribution in [1.82, 2.24) is 14.4 Å². The van der Waals surface area contributed by atoms with E-state index in [1.165, 1.54) is 0 Å². The van der Waals surface area contributed by atoms with Gasteiger partial charge in [0.1, 0.15) is 0 Å². The monoisotopic (exact) mass is 354 g/mol. The molecule has 0 aliphatic heterocycles. The van der Waals surface area contributed by atoms with Crippen LogP contribution in [0.1, 0.15) is 18.1 Å². The number of nitrogens with zero attached hydrogens (tertiary/aromatic N) is 3. The Morgan fingerprint density at radius 2 is 1.76 bits per heavy atom. The predicted molar refractivity (Wildman–Crippen MR) is 97.3 cm³/mol. The molecule has 1 N–H and O–H groups in total. The van der Waals surface area contributed by atoms with Crippen molar-refractivity contribution >= 4 is 15.7 Å². The first-order valence-corrected chi connectivity index (χ1v) is 9.15. The van der Waals surface area contributed by atoms with Gasteiger partial charge in [0.2, 0.25) is 0 Å². The van der Waals surface area contributed by atoms with Crippen LogP contribution in [0.25, 0.3) is 5.69 Å². The number of aromatic nitrogens is 2. The highest BCUT2D eigenvalue weighted by Gasteiger charge is 2.12. The van der Waals surface area contributed by atoms with Crippen LogP contribution in [0, 0.1) is 6.92 Å². The van der Waals surface area contributed by atoms with Crippen molar-refractivity contribution in [1.29, 1.82) is 0 Å². The lowest BCUT2D eigenvalue weighted by Gasteiger charge is -2.07. The molecular weight excluding hydrogens is 336 g/mol. The summed E-state index contributed by atoms with van der Waals surface area (Å²) in [6.07, 6.45) is 5.28. The van der Waals surface area contributed by atoms with E-state index in [4.69, 9.17) is 0 Å². The molecule has 3 rings (SSSR count). The van der Waals surface area contributed by atoms with Crippen LogP contribution in [0.4, 0.5) is 0 Å². The third-order valence-corrected chi connectivity index (χ3v) is 4.98. The van der Waals surface area contributed by atoms with Gasteiger partial charge in [0.15, 0.2) is 0 Å². The molecule has 7 heteroatoms. The van der Waals surface area contributed by atoms with Gasteiger partial charge in [-0.2, -0.15) is 18.4 Å². The first kappa shape index (κ1) is 16.9. The van der Waals surface area contributed by atoms with Gasteiger partial charge < -0.3 is 4.57 Å². The minimum Gasteiger partial charge on any atom is -0.306 e. The number of aryl methyl sites for hydroxylation is 1. The van der Waals surface area contributed by atoms with Crippen molar-refractivity contribution in [3.05, 3.63) is 78.4 Å². The molecule has 6 nitrogen and oxygen atoms in total. The average Bonchev–Trinajstić information content (AvgIpc) is 3.15. The van der Waals surface area contributed by atoms with Gasteiger partial charge in [-0.15, -0.1) is 0 Å². The van der Waals surface area contributed by atoms with Crippen LogP contribution in [-0.2, 0) is 10.0 Å². The Bertz CT molecular complexity index is 975. The molecule has 0 atom stereocenters. The molecule has 1 aromatic heterocycles. The van der Waals surface area contributed by atoms with Crippen molar-refractivity contribution in [2.75, 3.05) is 0 Å². The summed E-state index contributed by atoms with van der Waals surface area (Å²) in [6, 6.07) is 14.2. The first-order valence-electron chi connectivity index (χ1n) is 7.67. The van der Waals surface area contributed by atoms with Crippen LogP contribution in [0.5, 0.6) is 0 Å². The Morgan fingerprint density at radius 3 is 2.36 bits per heavy atom. The quantitative estimate of drug-likeness (QED) is 0.565. The van der Waals surface area contributed by atoms with E-state index < -0.39 is 10.0 Å². The fourth-order valence-electron chi connectivity index (χ4n) is 2.25. The summed E-state index contributed by atoms with van der Waals surface area (Å²) in [5.41, 5.74) is 3.37. The largest absolute Gasteiger partial charge is 0.306 e. The number of benzene rings is 2. The molecule has 0 unspecified atom stereocenters. The summed E-state index contributed by atoms with van der Waals surface area (Å²) in [6.45, 7) is 3.66. The standard InChI is InChI=1S/C18H18N4O2S/c1-14-3-9-18(10-4-14)25(23,24)21-20-15(2)16-5-7-17(8-6-16)22-12-11-19-13-22/h3-13,21H,1-2H3/b20-15+. The number of rotatable bonds is 5. The molecule has 0 fully saturated rings. The minimum absolute atomic E-state index is 0.185. The highest BCUT2D eigenvalue weighted by molar-refractivity contribution is 7.89. The van der Waals surface area contributed by atoms with Crippen LogP contribution in [0.2, 0.25) is 0 Å². The maximum Gasteiger partial charge on any atom is 0.276 e. The number of nitrogens with one attached hydrogen (secondary N) is 1. The van der Waals surface area contributed by atoms with Gasteiger partial charge >= 0.3 is 0 Å². The fourth-order valence-corrected chi connectivity index (χ4v) is 3.11. The Hall–Kier alpha value is -2.93. The molecule has 0 amide bonds. The predicted octanol–water partition coefficient (Wildman–Crippen LogP) is 2.88. The maximum absolute atomic E-state index is 12.3. The number of hydrazone groups is 1. The van der Waals surface area contributed by atoms with Gasteiger partial charge in [0, 0.05) is 18.1 Å². The van der Waals surface area contributed by atoms with Gasteiger partial charge in [0.05, 0.1) is 16.9 Å². The van der Waals surface area contributed by atoms with E-state index >= 15 is 0 Å². The van der Waals surface area contributed by atoms with E-state index in [0.717, 1.165) is 16.8 Å². The lowest BCUT2D eigenvalue weighted by Crippen LogP contribution is -2.20. The number of imidazole rings is 1. The zero-order valence-electron chi connectivity index (χ0n) is 13.9. The summed E-state index contributed by atoms with van der Waals surface area (Å²) in [4.78, 5) is 6.47. The molecule has 0 aliphatic rings. The Balaban J connectivity index is 1.76. The Morgan fingerprint density at radius 1 is 1.08 bits per heavy atom. The highest BCUT2D eigenvalue weighted by Crippen LogP contribution is 2.12. The topological polar surface area (TPSA) is 76.3 Å². The van der Waals surface area contributed by atoms with Crippen molar-refractivity contribution in [2.24, 2.45) is 5.10 Å². The number of hydrogen-bond donors (Lipinski definition) is 1. The molecule has 25 heavy (non-hydrogen) atoms. The summed E-state index contributed by atoms with van der Waals surface area (Å²) in [5.74, 6) is 0. The second-order valence-electron chi connectivity index (χ2n) is 5.62. The average molecular weight is 354 g/mol. The lowest BCUT2D eigenvalue weighted by molar-refractivity contribution is 0.584. The molecule has 1 heterocycles. The lowest BCUT2D eigenvalue weighted by atomic mass is 10.1. The molecule has 0 saturated carbocycles. The molecule has 0 aliphatic carbocycles. The molecule has 0 bridgehead atoms. The van der Waals surface area contributed by atoms with Gasteiger partial charge in [-0.1, -0.05) is 29.8 Å². The molecule has 128 valence electrons. The van der Waals surface area contributed by atoms with Crippen LogP contribution in [0.3, 0.4) is 0 Å². The van der Waals surface area contributed by atoms with E-state index in [9.17, 15) is 8.42 Å². The molecule has 0 saturated heterocycles. The summed E-state index contributed by atoms with van der Waals surface area (Å²) in [7, 11) is -3.67. The Kier molecular flexibility index (Phi) is 4.67. The third-order valence-electron chi connectivity index (χ3n) is 3.75. The van der Waals surface area contributed by atoms with Gasteiger partial charge in [0.25, 0.3) is 10.0 Å². The fraction of sp³-hybridized carbons (Fsp3) is 0.111. The molecule has 0 spiro atoms. The van der Waals surface area contributed by atoms with E-state index in [0.29, 0.717) is 5.71 Å². The summed E-state index contributed by atoms with van der Waals surface area (Å²) < 4.78 is 26.4. The van der Waals surface area contributed by atoms with Crippen molar-refractivity contribution in [2.45, 2.75) is 18.7 Å². The minimum atomic E-state index is -3.67. The Labute approximate surface area is 146 Å². The van der Waals surface area contributed by atoms with E-state index in [1.54, 1.807) is 43.7 Å². The summed E-state index contributed by atoms with van der Waals surface area (Å²) >= 11 is 0. The van der Waals surface area contributed by atoms with E-state index in [1.807, 2.05) is 42.0 Å². The van der Waals surface area contributed by atoms with Crippen molar-refractivity contribution in [3.8, 4) is 5.69 Å². The van der Waals surface area contributed by atoms with Crippen LogP contribution < -0.4 is 4.83 Å². The second-order valence-corrected chi connectivity index (χ2v) is 7.28. The number of hydrogen-bond acceptors (Lipinski definition) is 4. The van der Waals surface area contributed by atoms with Crippen LogP contribution in [0.15, 0.2) is 77.2 Å². The highest BCUT2D eigenvalue weighted by atomic mass is 32.2. The van der Waals surface area contributed by atoms with Crippen LogP contribution >= 0.6 is 0 Å². The molecular formula is C18H18N4O2S. The van der Waals surface area contributed by atoms with Crippen LogP contribution in [-0.4, -0.2) is 23.7 Å². The van der Waals surface area contributed by atoms with Gasteiger partial charge in [-0.25, -0.2) is 4.98 Å². The smallest absolute Gasteiger partial charge is 0.276 e. The van der Waals surface area contributed by atoms with E-state index in [-0.39, 0.29) is 4.90 Å². The zero-order chi connectivity index (χ0) is 17.9. The van der Waals surface area contributed by atoms with Gasteiger partial charge in [-0.3, -0.25) is 0 Å². The normalized spacial score (nSPS) is 12.2. The molecule has 3 aromatic rings. The zero-order valence-corrected chi connectivity index (χ0v) is 14.7. The summed E-state index contributed by atoms with van der Waals surface area (Å²) in [5, 5.41) is 4.02. The molecule has 2 aromatic carbocycles. The SMILES string of the molecule is C/C(=N\NS(=O)(=O)c1ccc(C)cc1)c1ccc(-n2ccnc2)cc1.